The van der Waals surface area contributed by atoms with Gasteiger partial charge in [-0.15, -0.1) is 0 Å². The monoisotopic (exact) mass is 160 g/mol. The van der Waals surface area contributed by atoms with E-state index in [1.807, 2.05) is 6.08 Å². The molecule has 0 aromatic heterocycles. The Kier molecular flexibility index (Phi) is 13.9. The van der Waals surface area contributed by atoms with Crippen molar-refractivity contribution in [2.45, 2.75) is 26.7 Å². The highest BCUT2D eigenvalue weighted by atomic mass is 16.4. The highest BCUT2D eigenvalue weighted by Gasteiger charge is 1.69. The van der Waals surface area contributed by atoms with Gasteiger partial charge < -0.3 is 10.2 Å². The molecule has 0 rings (SSSR count). The molecule has 0 aliphatic rings. The van der Waals surface area contributed by atoms with Crippen molar-refractivity contribution in [3.8, 4) is 0 Å². The molecule has 2 N–H and O–H groups in total. The van der Waals surface area contributed by atoms with Gasteiger partial charge in [0.1, 0.15) is 0 Å². The summed E-state index contributed by atoms with van der Waals surface area (Å²) in [5, 5.41) is 15.7. The molecule has 0 aromatic rings. The van der Waals surface area contributed by atoms with Crippen molar-refractivity contribution < 1.29 is 15.0 Å². The van der Waals surface area contributed by atoms with Crippen LogP contribution in [-0.4, -0.2) is 22.8 Å². The minimum atomic E-state index is -0.833. The molecular formula is C8H16O3. The fourth-order valence-corrected chi connectivity index (χ4v) is 0.359. The number of aliphatic hydroxyl groups excluding tert-OH is 1. The molecule has 0 aliphatic heterocycles. The van der Waals surface area contributed by atoms with Crippen LogP contribution in [0.3, 0.4) is 0 Å². The summed E-state index contributed by atoms with van der Waals surface area (Å²) in [5.41, 5.74) is 0. The van der Waals surface area contributed by atoms with Gasteiger partial charge in [-0.1, -0.05) is 19.1 Å². The van der Waals surface area contributed by atoms with Crippen LogP contribution in [0.4, 0.5) is 0 Å². The normalized spacial score (nSPS) is 9.00. The molecular weight excluding hydrogens is 144 g/mol. The van der Waals surface area contributed by atoms with Gasteiger partial charge >= 0.3 is 0 Å². The van der Waals surface area contributed by atoms with E-state index in [0.717, 1.165) is 19.8 Å². The van der Waals surface area contributed by atoms with Crippen LogP contribution in [0.15, 0.2) is 12.2 Å². The Labute approximate surface area is 67.4 Å². The van der Waals surface area contributed by atoms with Gasteiger partial charge in [0.25, 0.3) is 5.97 Å². The standard InChI is InChI=1S/C6H12O.C2H4O2/c1-2-3-4-5-6-7;1-2(3)4/h3-4,7H,2,5-6H2,1H3;1H3,(H,3,4)/b4-3-;. The third-order valence-corrected chi connectivity index (χ3v) is 0.698. The Bertz CT molecular complexity index is 104. The van der Waals surface area contributed by atoms with E-state index in [9.17, 15) is 0 Å². The predicted octanol–water partition coefficient (Wildman–Crippen LogP) is 1.43. The van der Waals surface area contributed by atoms with Gasteiger partial charge in [0.05, 0.1) is 0 Å². The third-order valence-electron chi connectivity index (χ3n) is 0.698. The van der Waals surface area contributed by atoms with Crippen molar-refractivity contribution in [2.24, 2.45) is 0 Å². The molecule has 66 valence electrons. The summed E-state index contributed by atoms with van der Waals surface area (Å²) in [6.45, 7) is 3.43. The summed E-state index contributed by atoms with van der Waals surface area (Å²) in [5.74, 6) is -0.833. The summed E-state index contributed by atoms with van der Waals surface area (Å²) in [6, 6.07) is 0. The van der Waals surface area contributed by atoms with Crippen molar-refractivity contribution in [2.75, 3.05) is 6.61 Å². The average molecular weight is 160 g/mol. The second-order valence-electron chi connectivity index (χ2n) is 1.91. The zero-order valence-electron chi connectivity index (χ0n) is 7.08. The Morgan fingerprint density at radius 1 is 1.45 bits per heavy atom. The maximum absolute atomic E-state index is 9.00. The van der Waals surface area contributed by atoms with Crippen molar-refractivity contribution >= 4 is 5.97 Å². The number of rotatable bonds is 3. The topological polar surface area (TPSA) is 57.5 Å². The molecule has 0 heterocycles. The highest BCUT2D eigenvalue weighted by Crippen LogP contribution is 1.82. The summed E-state index contributed by atoms with van der Waals surface area (Å²) >= 11 is 0. The molecule has 0 spiro atoms. The lowest BCUT2D eigenvalue weighted by molar-refractivity contribution is -0.134. The van der Waals surface area contributed by atoms with E-state index in [-0.39, 0.29) is 6.61 Å². The van der Waals surface area contributed by atoms with E-state index < -0.39 is 5.97 Å². The maximum atomic E-state index is 9.00. The molecule has 0 fully saturated rings. The quantitative estimate of drug-likeness (QED) is 0.614. The van der Waals surface area contributed by atoms with E-state index in [1.54, 1.807) is 0 Å². The summed E-state index contributed by atoms with van der Waals surface area (Å²) in [6.07, 6.45) is 5.91. The first-order valence-corrected chi connectivity index (χ1v) is 3.60. The molecule has 3 heteroatoms. The molecule has 0 saturated heterocycles. The fourth-order valence-electron chi connectivity index (χ4n) is 0.359. The van der Waals surface area contributed by atoms with Gasteiger partial charge in [0.15, 0.2) is 0 Å². The molecule has 0 saturated carbocycles. The number of aliphatic carboxylic acids is 1. The first-order chi connectivity index (χ1) is 5.15. The number of carboxylic acid groups (broad SMARTS) is 1. The fraction of sp³-hybridized carbons (Fsp3) is 0.625. The number of hydrogen-bond donors (Lipinski definition) is 2. The smallest absolute Gasteiger partial charge is 0.300 e. The molecule has 0 atom stereocenters. The Morgan fingerprint density at radius 3 is 2.18 bits per heavy atom. The van der Waals surface area contributed by atoms with Crippen LogP contribution in [0.2, 0.25) is 0 Å². The number of carbonyl (C=O) groups is 1. The minimum Gasteiger partial charge on any atom is -0.481 e. The Balaban J connectivity index is 0. The van der Waals surface area contributed by atoms with Gasteiger partial charge in [0.2, 0.25) is 0 Å². The van der Waals surface area contributed by atoms with Gasteiger partial charge in [-0.2, -0.15) is 0 Å². The van der Waals surface area contributed by atoms with E-state index in [4.69, 9.17) is 15.0 Å². The van der Waals surface area contributed by atoms with Gasteiger partial charge in [-0.3, -0.25) is 4.79 Å². The summed E-state index contributed by atoms with van der Waals surface area (Å²) < 4.78 is 0. The first kappa shape index (κ1) is 12.8. The van der Waals surface area contributed by atoms with Crippen molar-refractivity contribution in [1.29, 1.82) is 0 Å². The third kappa shape index (κ3) is 46.9. The lowest BCUT2D eigenvalue weighted by atomic mass is 10.3. The lowest BCUT2D eigenvalue weighted by Crippen LogP contribution is -1.78. The van der Waals surface area contributed by atoms with Crippen molar-refractivity contribution in [1.82, 2.24) is 0 Å². The Morgan fingerprint density at radius 2 is 1.91 bits per heavy atom. The second kappa shape index (κ2) is 11.9. The van der Waals surface area contributed by atoms with Gasteiger partial charge in [-0.05, 0) is 12.8 Å². The largest absolute Gasteiger partial charge is 0.481 e. The van der Waals surface area contributed by atoms with E-state index in [1.165, 1.54) is 0 Å². The molecule has 0 bridgehead atoms. The number of carboxylic acids is 1. The van der Waals surface area contributed by atoms with E-state index in [2.05, 4.69) is 13.0 Å². The highest BCUT2D eigenvalue weighted by molar-refractivity contribution is 5.62. The van der Waals surface area contributed by atoms with Gasteiger partial charge in [-0.25, -0.2) is 0 Å². The van der Waals surface area contributed by atoms with E-state index in [0.29, 0.717) is 0 Å². The van der Waals surface area contributed by atoms with Crippen LogP contribution >= 0.6 is 0 Å². The minimum absolute atomic E-state index is 0.274. The van der Waals surface area contributed by atoms with Crippen LogP contribution < -0.4 is 0 Å². The molecule has 3 nitrogen and oxygen atoms in total. The molecule has 0 amide bonds. The Hall–Kier alpha value is -0.830. The number of aliphatic hydroxyl groups is 1. The maximum Gasteiger partial charge on any atom is 0.300 e. The molecule has 0 radical (unpaired) electrons. The van der Waals surface area contributed by atoms with Crippen LogP contribution in [0.5, 0.6) is 0 Å². The van der Waals surface area contributed by atoms with Crippen molar-refractivity contribution in [3.05, 3.63) is 12.2 Å². The lowest BCUT2D eigenvalue weighted by Gasteiger charge is -1.79. The van der Waals surface area contributed by atoms with Crippen LogP contribution in [-0.2, 0) is 4.79 Å². The van der Waals surface area contributed by atoms with Crippen LogP contribution in [0, 0.1) is 0 Å². The number of allylic oxidation sites excluding steroid dienone is 1. The number of hydrogen-bond acceptors (Lipinski definition) is 2. The molecule has 0 aliphatic carbocycles. The average Bonchev–Trinajstić information content (AvgIpc) is 1.88. The second-order valence-corrected chi connectivity index (χ2v) is 1.91. The van der Waals surface area contributed by atoms with E-state index >= 15 is 0 Å². The molecule has 0 aromatic carbocycles. The molecule has 11 heavy (non-hydrogen) atoms. The van der Waals surface area contributed by atoms with Crippen LogP contribution in [0.25, 0.3) is 0 Å². The predicted molar refractivity (Wildman–Crippen MR) is 44.4 cm³/mol. The summed E-state index contributed by atoms with van der Waals surface area (Å²) in [7, 11) is 0. The first-order valence-electron chi connectivity index (χ1n) is 3.60. The zero-order chi connectivity index (χ0) is 9.11. The van der Waals surface area contributed by atoms with Crippen molar-refractivity contribution in [3.63, 3.8) is 0 Å². The van der Waals surface area contributed by atoms with Crippen LogP contribution in [0.1, 0.15) is 26.7 Å². The van der Waals surface area contributed by atoms with Gasteiger partial charge in [0, 0.05) is 13.5 Å². The molecule has 0 unspecified atom stereocenters. The summed E-state index contributed by atoms with van der Waals surface area (Å²) in [4.78, 5) is 9.00. The SMILES string of the molecule is CC(=O)O.CC/C=C\CCO. The zero-order valence-corrected chi connectivity index (χ0v) is 7.08.